The highest BCUT2D eigenvalue weighted by atomic mass is 35.5. The largest absolute Gasteiger partial charge is 0.294 e. The van der Waals surface area contributed by atoms with Gasteiger partial charge in [0.2, 0.25) is 0 Å². The second kappa shape index (κ2) is 6.00. The van der Waals surface area contributed by atoms with Crippen LogP contribution in [0.5, 0.6) is 0 Å². The lowest BCUT2D eigenvalue weighted by molar-refractivity contribution is 0.0955. The molecule has 1 rings (SSSR count). The number of hydrogen-bond donors (Lipinski definition) is 0. The third-order valence-electron chi connectivity index (χ3n) is 2.86. The molecule has 0 atom stereocenters. The number of halogens is 2. The Balaban J connectivity index is 2.83. The van der Waals surface area contributed by atoms with E-state index in [2.05, 4.69) is 0 Å². The first-order chi connectivity index (χ1) is 7.58. The molecule has 0 heterocycles. The summed E-state index contributed by atoms with van der Waals surface area (Å²) in [6, 6.07) is 4.09. The Morgan fingerprint density at radius 2 is 2.00 bits per heavy atom. The van der Waals surface area contributed by atoms with Crippen LogP contribution in [0.2, 0.25) is 5.02 Å². The average molecular weight is 243 g/mol. The van der Waals surface area contributed by atoms with E-state index in [9.17, 15) is 9.18 Å². The molecular weight excluding hydrogens is 227 g/mol. The minimum absolute atomic E-state index is 0.111. The summed E-state index contributed by atoms with van der Waals surface area (Å²) in [5.74, 6) is -0.320. The topological polar surface area (TPSA) is 17.1 Å². The molecule has 1 nitrogen and oxygen atoms in total. The monoisotopic (exact) mass is 242 g/mol. The summed E-state index contributed by atoms with van der Waals surface area (Å²) < 4.78 is 13.4. The summed E-state index contributed by atoms with van der Waals surface area (Å²) in [5.41, 5.74) is 0.111. The van der Waals surface area contributed by atoms with Crippen molar-refractivity contribution in [1.82, 2.24) is 0 Å². The van der Waals surface area contributed by atoms with Crippen molar-refractivity contribution in [3.63, 3.8) is 0 Å². The normalized spacial score (nSPS) is 10.8. The predicted molar refractivity (Wildman–Crippen MR) is 64.4 cm³/mol. The van der Waals surface area contributed by atoms with Gasteiger partial charge in [0.25, 0.3) is 0 Å². The maximum absolute atomic E-state index is 13.4. The molecule has 0 aliphatic rings. The fourth-order valence-corrected chi connectivity index (χ4v) is 1.83. The molecule has 16 heavy (non-hydrogen) atoms. The van der Waals surface area contributed by atoms with Crippen LogP contribution in [0.1, 0.15) is 43.5 Å². The quantitative estimate of drug-likeness (QED) is 0.696. The lowest BCUT2D eigenvalue weighted by Crippen LogP contribution is -2.09. The molecule has 0 aliphatic heterocycles. The summed E-state index contributed by atoms with van der Waals surface area (Å²) in [7, 11) is 0. The van der Waals surface area contributed by atoms with E-state index < -0.39 is 5.82 Å². The highest BCUT2D eigenvalue weighted by Gasteiger charge is 2.16. The summed E-state index contributed by atoms with van der Waals surface area (Å²) >= 11 is 5.75. The molecule has 0 radical (unpaired) electrons. The van der Waals surface area contributed by atoms with Crippen LogP contribution in [-0.2, 0) is 0 Å². The average Bonchev–Trinajstić information content (AvgIpc) is 2.28. The Morgan fingerprint density at radius 1 is 1.38 bits per heavy atom. The predicted octanol–water partition coefficient (Wildman–Crippen LogP) is 4.49. The van der Waals surface area contributed by atoms with Crippen LogP contribution >= 0.6 is 11.6 Å². The van der Waals surface area contributed by atoms with E-state index in [0.717, 1.165) is 12.8 Å². The van der Waals surface area contributed by atoms with E-state index in [1.54, 1.807) is 0 Å². The van der Waals surface area contributed by atoms with E-state index in [0.29, 0.717) is 17.4 Å². The van der Waals surface area contributed by atoms with Crippen LogP contribution < -0.4 is 0 Å². The van der Waals surface area contributed by atoms with Crippen molar-refractivity contribution in [2.45, 2.75) is 33.1 Å². The number of hydrogen-bond acceptors (Lipinski definition) is 1. The van der Waals surface area contributed by atoms with Crippen LogP contribution in [0.3, 0.4) is 0 Å². The maximum Gasteiger partial charge on any atom is 0.166 e. The second-order valence-electron chi connectivity index (χ2n) is 3.93. The first kappa shape index (κ1) is 13.2. The van der Waals surface area contributed by atoms with Crippen molar-refractivity contribution in [2.24, 2.45) is 5.92 Å². The molecule has 88 valence electrons. The molecule has 0 N–H and O–H groups in total. The fraction of sp³-hybridized carbons (Fsp3) is 0.462. The smallest absolute Gasteiger partial charge is 0.166 e. The number of ketones is 1. The zero-order chi connectivity index (χ0) is 12.1. The van der Waals surface area contributed by atoms with E-state index in [1.165, 1.54) is 18.2 Å². The minimum Gasteiger partial charge on any atom is -0.294 e. The third kappa shape index (κ3) is 3.31. The SMILES string of the molecule is CCC(CC)CC(=O)c1cc(Cl)ccc1F. The number of benzene rings is 1. The fourth-order valence-electron chi connectivity index (χ4n) is 1.66. The van der Waals surface area contributed by atoms with Crippen LogP contribution in [0.25, 0.3) is 0 Å². The lowest BCUT2D eigenvalue weighted by atomic mass is 9.94. The van der Waals surface area contributed by atoms with Crippen molar-refractivity contribution < 1.29 is 9.18 Å². The molecule has 3 heteroatoms. The Labute approximate surface area is 101 Å². The van der Waals surface area contributed by atoms with Crippen LogP contribution in [0.4, 0.5) is 4.39 Å². The van der Waals surface area contributed by atoms with Gasteiger partial charge in [-0.1, -0.05) is 38.3 Å². The molecule has 0 aliphatic carbocycles. The third-order valence-corrected chi connectivity index (χ3v) is 3.09. The van der Waals surface area contributed by atoms with E-state index >= 15 is 0 Å². The van der Waals surface area contributed by atoms with Gasteiger partial charge in [0.05, 0.1) is 5.56 Å². The maximum atomic E-state index is 13.4. The van der Waals surface area contributed by atoms with Gasteiger partial charge < -0.3 is 0 Å². The molecule has 0 bridgehead atoms. The van der Waals surface area contributed by atoms with Crippen molar-refractivity contribution in [3.8, 4) is 0 Å². The highest BCUT2D eigenvalue weighted by Crippen LogP contribution is 2.20. The molecule has 0 saturated heterocycles. The molecule has 1 aromatic carbocycles. The van der Waals surface area contributed by atoms with E-state index in [-0.39, 0.29) is 11.3 Å². The zero-order valence-electron chi connectivity index (χ0n) is 9.59. The van der Waals surface area contributed by atoms with Gasteiger partial charge in [-0.15, -0.1) is 0 Å². The minimum atomic E-state index is -0.486. The van der Waals surface area contributed by atoms with Crippen LogP contribution in [-0.4, -0.2) is 5.78 Å². The number of Topliss-reactive ketones (excluding diaryl/α,β-unsaturated/α-hetero) is 1. The van der Waals surface area contributed by atoms with Crippen molar-refractivity contribution in [3.05, 3.63) is 34.6 Å². The molecule has 1 aromatic rings. The van der Waals surface area contributed by atoms with E-state index in [4.69, 9.17) is 11.6 Å². The molecule has 0 fully saturated rings. The van der Waals surface area contributed by atoms with Gasteiger partial charge in [-0.25, -0.2) is 4.39 Å². The van der Waals surface area contributed by atoms with Gasteiger partial charge >= 0.3 is 0 Å². The molecule has 0 unspecified atom stereocenters. The van der Waals surface area contributed by atoms with Crippen LogP contribution in [0.15, 0.2) is 18.2 Å². The Kier molecular flexibility index (Phi) is 4.94. The molecule has 0 saturated carbocycles. The Morgan fingerprint density at radius 3 is 2.56 bits per heavy atom. The summed E-state index contributed by atoms with van der Waals surface area (Å²) in [5, 5.41) is 0.397. The lowest BCUT2D eigenvalue weighted by Gasteiger charge is -2.11. The Bertz CT molecular complexity index is 372. The first-order valence-electron chi connectivity index (χ1n) is 5.56. The van der Waals surface area contributed by atoms with Gasteiger partial charge in [-0.05, 0) is 24.1 Å². The Hall–Kier alpha value is -0.890. The summed E-state index contributed by atoms with van der Waals surface area (Å²) in [4.78, 5) is 11.8. The highest BCUT2D eigenvalue weighted by molar-refractivity contribution is 6.31. The molecule has 0 aromatic heterocycles. The van der Waals surface area contributed by atoms with Crippen molar-refractivity contribution in [1.29, 1.82) is 0 Å². The summed E-state index contributed by atoms with van der Waals surface area (Å²) in [6.45, 7) is 4.07. The van der Waals surface area contributed by atoms with Gasteiger partial charge in [-0.3, -0.25) is 4.79 Å². The van der Waals surface area contributed by atoms with Gasteiger partial charge in [0.1, 0.15) is 5.82 Å². The number of carbonyl (C=O) groups excluding carboxylic acids is 1. The van der Waals surface area contributed by atoms with Gasteiger partial charge in [0, 0.05) is 11.4 Å². The van der Waals surface area contributed by atoms with Gasteiger partial charge in [-0.2, -0.15) is 0 Å². The van der Waals surface area contributed by atoms with Crippen molar-refractivity contribution in [2.75, 3.05) is 0 Å². The standard InChI is InChI=1S/C13H16ClFO/c1-3-9(4-2)7-13(16)11-8-10(14)5-6-12(11)15/h5-6,8-9H,3-4,7H2,1-2H3. The molecule has 0 spiro atoms. The first-order valence-corrected chi connectivity index (χ1v) is 5.94. The van der Waals surface area contributed by atoms with Crippen molar-refractivity contribution >= 4 is 17.4 Å². The number of rotatable bonds is 5. The molecular formula is C13H16ClFO. The molecule has 0 amide bonds. The summed E-state index contributed by atoms with van der Waals surface area (Å²) in [6.07, 6.45) is 2.26. The van der Waals surface area contributed by atoms with Gasteiger partial charge in [0.15, 0.2) is 5.78 Å². The number of carbonyl (C=O) groups is 1. The van der Waals surface area contributed by atoms with Crippen LogP contribution in [0, 0.1) is 11.7 Å². The second-order valence-corrected chi connectivity index (χ2v) is 4.37. The van der Waals surface area contributed by atoms with E-state index in [1.807, 2.05) is 13.8 Å². The zero-order valence-corrected chi connectivity index (χ0v) is 10.4.